The number of aromatic amines is 1. The maximum atomic E-state index is 5.78. The minimum atomic E-state index is 0.544. The third-order valence-corrected chi connectivity index (χ3v) is 4.70. The highest BCUT2D eigenvalue weighted by Gasteiger charge is 2.12. The van der Waals surface area contributed by atoms with E-state index in [0.29, 0.717) is 17.5 Å². The highest BCUT2D eigenvalue weighted by atomic mass is 32.2. The van der Waals surface area contributed by atoms with Crippen molar-refractivity contribution in [3.8, 4) is 17.2 Å². The van der Waals surface area contributed by atoms with Crippen molar-refractivity contribution in [2.45, 2.75) is 17.8 Å². The van der Waals surface area contributed by atoms with Crippen LogP contribution in [0.3, 0.4) is 0 Å². The molecule has 2 heterocycles. The average Bonchev–Trinajstić information content (AvgIpc) is 3.26. The zero-order valence-electron chi connectivity index (χ0n) is 13.8. The minimum absolute atomic E-state index is 0.544. The van der Waals surface area contributed by atoms with E-state index in [-0.39, 0.29) is 0 Å². The Balaban J connectivity index is 1.49. The summed E-state index contributed by atoms with van der Waals surface area (Å²) < 4.78 is 11.0. The number of H-pyrrole nitrogens is 1. The molecule has 0 aliphatic carbocycles. The highest BCUT2D eigenvalue weighted by molar-refractivity contribution is 7.98. The van der Waals surface area contributed by atoms with Crippen LogP contribution in [0.5, 0.6) is 5.75 Å². The van der Waals surface area contributed by atoms with Crippen LogP contribution in [0.25, 0.3) is 22.5 Å². The Bertz CT molecular complexity index is 1020. The maximum Gasteiger partial charge on any atom is 0.248 e. The molecule has 126 valence electrons. The lowest BCUT2D eigenvalue weighted by Crippen LogP contribution is -1.82. The largest absolute Gasteiger partial charge is 0.497 e. The topological polar surface area (TPSA) is 76.8 Å². The van der Waals surface area contributed by atoms with Crippen LogP contribution in [0.15, 0.2) is 52.0 Å². The monoisotopic (exact) mass is 352 g/mol. The predicted molar refractivity (Wildman–Crippen MR) is 96.7 cm³/mol. The Labute approximate surface area is 148 Å². The maximum absolute atomic E-state index is 5.78. The first-order chi connectivity index (χ1) is 12.2. The molecule has 0 fully saturated rings. The first-order valence-corrected chi connectivity index (χ1v) is 8.76. The molecule has 0 saturated heterocycles. The lowest BCUT2D eigenvalue weighted by atomic mass is 10.1. The van der Waals surface area contributed by atoms with Crippen molar-refractivity contribution in [3.05, 3.63) is 53.9 Å². The van der Waals surface area contributed by atoms with E-state index < -0.39 is 0 Å². The molecule has 0 saturated carbocycles. The standard InChI is InChI=1S/C18H16N4O2S/c1-11-5-3-4-6-13(11)17-22-21-16(24-17)10-25-18-19-14-8-7-12(23-2)9-15(14)20-18/h3-9H,10H2,1-2H3,(H,19,20). The number of aryl methyl sites for hydroxylation is 1. The molecular weight excluding hydrogens is 336 g/mol. The number of nitrogens with zero attached hydrogens (tertiary/aromatic N) is 3. The Kier molecular flexibility index (Phi) is 4.15. The second-order valence-corrected chi connectivity index (χ2v) is 6.49. The Hall–Kier alpha value is -2.80. The highest BCUT2D eigenvalue weighted by Crippen LogP contribution is 2.27. The Morgan fingerprint density at radius 3 is 2.88 bits per heavy atom. The Morgan fingerprint density at radius 1 is 1.16 bits per heavy atom. The first kappa shape index (κ1) is 15.7. The van der Waals surface area contributed by atoms with E-state index in [1.54, 1.807) is 7.11 Å². The molecule has 0 aliphatic heterocycles. The van der Waals surface area contributed by atoms with Crippen molar-refractivity contribution in [3.63, 3.8) is 0 Å². The normalized spacial score (nSPS) is 11.1. The molecule has 0 spiro atoms. The van der Waals surface area contributed by atoms with E-state index in [1.807, 2.05) is 49.4 Å². The van der Waals surface area contributed by atoms with Gasteiger partial charge in [-0.25, -0.2) is 4.98 Å². The molecule has 25 heavy (non-hydrogen) atoms. The third kappa shape index (κ3) is 3.23. The van der Waals surface area contributed by atoms with Crippen LogP contribution in [0, 0.1) is 6.92 Å². The van der Waals surface area contributed by atoms with Gasteiger partial charge in [0.05, 0.1) is 23.9 Å². The molecule has 2 aromatic heterocycles. The molecule has 0 atom stereocenters. The fourth-order valence-electron chi connectivity index (χ4n) is 2.52. The molecule has 1 N–H and O–H groups in total. The fraction of sp³-hybridized carbons (Fsp3) is 0.167. The van der Waals surface area contributed by atoms with Crippen molar-refractivity contribution >= 4 is 22.8 Å². The van der Waals surface area contributed by atoms with Crippen LogP contribution >= 0.6 is 11.8 Å². The number of hydrogen-bond acceptors (Lipinski definition) is 6. The van der Waals surface area contributed by atoms with E-state index in [1.165, 1.54) is 11.8 Å². The number of rotatable bonds is 5. The number of nitrogens with one attached hydrogen (secondary N) is 1. The predicted octanol–water partition coefficient (Wildman–Crippen LogP) is 4.22. The molecule has 4 aromatic rings. The summed E-state index contributed by atoms with van der Waals surface area (Å²) in [7, 11) is 1.65. The van der Waals surface area contributed by atoms with Crippen LogP contribution in [-0.4, -0.2) is 27.3 Å². The van der Waals surface area contributed by atoms with Gasteiger partial charge in [-0.1, -0.05) is 30.0 Å². The summed E-state index contributed by atoms with van der Waals surface area (Å²) in [5.41, 5.74) is 3.90. The summed E-state index contributed by atoms with van der Waals surface area (Å²) in [4.78, 5) is 7.81. The zero-order valence-corrected chi connectivity index (χ0v) is 14.6. The van der Waals surface area contributed by atoms with Gasteiger partial charge in [0.1, 0.15) is 5.75 Å². The van der Waals surface area contributed by atoms with Crippen LogP contribution in [0.4, 0.5) is 0 Å². The second-order valence-electron chi connectivity index (χ2n) is 5.53. The van der Waals surface area contributed by atoms with Gasteiger partial charge in [-0.15, -0.1) is 10.2 Å². The molecule has 0 aliphatic rings. The molecule has 6 nitrogen and oxygen atoms in total. The van der Waals surface area contributed by atoms with E-state index >= 15 is 0 Å². The molecule has 0 amide bonds. The van der Waals surface area contributed by atoms with Crippen molar-refractivity contribution in [1.29, 1.82) is 0 Å². The summed E-state index contributed by atoms with van der Waals surface area (Å²) in [6.07, 6.45) is 0. The molecule has 0 unspecified atom stereocenters. The van der Waals surface area contributed by atoms with Gasteiger partial charge in [0.25, 0.3) is 0 Å². The van der Waals surface area contributed by atoms with E-state index in [2.05, 4.69) is 20.2 Å². The summed E-state index contributed by atoms with van der Waals surface area (Å²) in [5, 5.41) is 9.08. The summed E-state index contributed by atoms with van der Waals surface area (Å²) in [6, 6.07) is 13.7. The quantitative estimate of drug-likeness (QED) is 0.542. The first-order valence-electron chi connectivity index (χ1n) is 7.78. The van der Waals surface area contributed by atoms with Gasteiger partial charge >= 0.3 is 0 Å². The molecule has 4 rings (SSSR count). The number of benzene rings is 2. The number of hydrogen-bond donors (Lipinski definition) is 1. The molecular formula is C18H16N4O2S. The molecule has 7 heteroatoms. The van der Waals surface area contributed by atoms with Crippen molar-refractivity contribution in [2.24, 2.45) is 0 Å². The van der Waals surface area contributed by atoms with Gasteiger partial charge in [0.2, 0.25) is 11.8 Å². The lowest BCUT2D eigenvalue weighted by Gasteiger charge is -1.98. The number of fused-ring (bicyclic) bond motifs is 1. The van der Waals surface area contributed by atoms with Gasteiger partial charge in [-0.05, 0) is 30.7 Å². The average molecular weight is 352 g/mol. The van der Waals surface area contributed by atoms with Gasteiger partial charge in [0, 0.05) is 11.6 Å². The number of ether oxygens (including phenoxy) is 1. The lowest BCUT2D eigenvalue weighted by molar-refractivity contribution is 0.415. The fourth-order valence-corrected chi connectivity index (χ4v) is 3.25. The summed E-state index contributed by atoms with van der Waals surface area (Å²) >= 11 is 1.52. The van der Waals surface area contributed by atoms with Crippen molar-refractivity contribution in [2.75, 3.05) is 7.11 Å². The van der Waals surface area contributed by atoms with Crippen LogP contribution in [-0.2, 0) is 5.75 Å². The van der Waals surface area contributed by atoms with Crippen LogP contribution in [0.2, 0.25) is 0 Å². The minimum Gasteiger partial charge on any atom is -0.497 e. The second kappa shape index (κ2) is 6.60. The van der Waals surface area contributed by atoms with Crippen molar-refractivity contribution in [1.82, 2.24) is 20.2 Å². The number of methoxy groups -OCH3 is 1. The van der Waals surface area contributed by atoms with Gasteiger partial charge < -0.3 is 14.1 Å². The molecule has 0 bridgehead atoms. The van der Waals surface area contributed by atoms with Gasteiger partial charge in [0.15, 0.2) is 5.16 Å². The summed E-state index contributed by atoms with van der Waals surface area (Å²) in [5.74, 6) is 2.47. The van der Waals surface area contributed by atoms with E-state index in [0.717, 1.165) is 33.1 Å². The Morgan fingerprint density at radius 2 is 2.04 bits per heavy atom. The van der Waals surface area contributed by atoms with Crippen molar-refractivity contribution < 1.29 is 9.15 Å². The third-order valence-electron chi connectivity index (χ3n) is 3.84. The number of aromatic nitrogens is 4. The zero-order chi connectivity index (χ0) is 17.2. The molecule has 2 aromatic carbocycles. The van der Waals surface area contributed by atoms with Gasteiger partial charge in [-0.2, -0.15) is 0 Å². The van der Waals surface area contributed by atoms with E-state index in [4.69, 9.17) is 9.15 Å². The number of thioether (sulfide) groups is 1. The molecule has 0 radical (unpaired) electrons. The van der Waals surface area contributed by atoms with Crippen LogP contribution in [0.1, 0.15) is 11.5 Å². The summed E-state index contributed by atoms with van der Waals surface area (Å²) in [6.45, 7) is 2.02. The number of imidazole rings is 1. The van der Waals surface area contributed by atoms with E-state index in [9.17, 15) is 0 Å². The smallest absolute Gasteiger partial charge is 0.248 e. The van der Waals surface area contributed by atoms with Crippen LogP contribution < -0.4 is 4.74 Å². The SMILES string of the molecule is COc1ccc2nc(SCc3nnc(-c4ccccc4C)o3)[nH]c2c1. The van der Waals surface area contributed by atoms with Gasteiger partial charge in [-0.3, -0.25) is 0 Å².